The zero-order valence-electron chi connectivity index (χ0n) is 27.5. The van der Waals surface area contributed by atoms with Crippen LogP contribution in [0.25, 0.3) is 0 Å². The number of ether oxygens (including phenoxy) is 3. The lowest BCUT2D eigenvalue weighted by Gasteiger charge is -2.57. The van der Waals surface area contributed by atoms with Crippen LogP contribution < -0.4 is 20.3 Å². The number of pyridine rings is 1. The number of fused-ring (bicyclic) bond motifs is 1. The van der Waals surface area contributed by atoms with E-state index >= 15 is 0 Å². The number of aryl methyl sites for hydroxylation is 1. The van der Waals surface area contributed by atoms with Crippen LogP contribution >= 0.6 is 23.4 Å². The Bertz CT molecular complexity index is 1490. The van der Waals surface area contributed by atoms with Gasteiger partial charge in [-0.25, -0.2) is 0 Å². The fourth-order valence-electron chi connectivity index (χ4n) is 8.13. The standard InChI is InChI=1S/C35H48ClN3O5S/c1-20(2)42-25-11-13-35(14-12-25)18-39(19-35)24-9-7-23(8-10-24)34(5)43-30-22(4)26(16-28(36)31(30)44-34)32(40)37-17-27-29(45-6)15-21(3)38-33(27)41/h15-16,20,23-25H,7-14,17-19H2,1-6H3,(H,37,40)(H,38,41). The molecule has 4 aliphatic rings. The van der Waals surface area contributed by atoms with E-state index in [9.17, 15) is 9.59 Å². The molecule has 2 aliphatic carbocycles. The maximum Gasteiger partial charge on any atom is 0.254 e. The molecule has 0 bridgehead atoms. The number of carbonyl (C=O) groups excluding carboxylic acids is 1. The van der Waals surface area contributed by atoms with Gasteiger partial charge in [0.25, 0.3) is 17.3 Å². The second-order valence-corrected chi connectivity index (χ2v) is 15.5. The summed E-state index contributed by atoms with van der Waals surface area (Å²) in [5.41, 5.74) is 2.73. The molecule has 45 heavy (non-hydrogen) atoms. The van der Waals surface area contributed by atoms with E-state index in [0.717, 1.165) is 36.3 Å². The lowest BCUT2D eigenvalue weighted by atomic mass is 9.66. The fourth-order valence-corrected chi connectivity index (χ4v) is 9.07. The van der Waals surface area contributed by atoms with Gasteiger partial charge in [-0.2, -0.15) is 0 Å². The van der Waals surface area contributed by atoms with Gasteiger partial charge in [-0.15, -0.1) is 11.8 Å². The molecule has 2 saturated carbocycles. The molecule has 1 saturated heterocycles. The van der Waals surface area contributed by atoms with E-state index < -0.39 is 5.79 Å². The first-order valence-corrected chi connectivity index (χ1v) is 18.2. The molecule has 1 unspecified atom stereocenters. The Morgan fingerprint density at radius 1 is 1.11 bits per heavy atom. The Kier molecular flexibility index (Phi) is 9.29. The maximum atomic E-state index is 13.3. The molecule has 8 nitrogen and oxygen atoms in total. The van der Waals surface area contributed by atoms with Crippen molar-refractivity contribution in [3.63, 3.8) is 0 Å². The molecule has 1 aromatic heterocycles. The molecule has 0 radical (unpaired) electrons. The summed E-state index contributed by atoms with van der Waals surface area (Å²) >= 11 is 8.19. The molecule has 6 rings (SSSR count). The number of nitrogens with one attached hydrogen (secondary N) is 2. The number of carbonyl (C=O) groups is 1. The van der Waals surface area contributed by atoms with Gasteiger partial charge >= 0.3 is 0 Å². The number of nitrogens with zero attached hydrogens (tertiary/aromatic N) is 1. The minimum atomic E-state index is -0.829. The highest BCUT2D eigenvalue weighted by atomic mass is 35.5. The molecule has 3 fully saturated rings. The lowest BCUT2D eigenvalue weighted by Crippen LogP contribution is -2.62. The van der Waals surface area contributed by atoms with E-state index in [-0.39, 0.29) is 23.9 Å². The highest BCUT2D eigenvalue weighted by Gasteiger charge is 2.51. The van der Waals surface area contributed by atoms with Gasteiger partial charge in [-0.3, -0.25) is 14.5 Å². The molecule has 2 N–H and O–H groups in total. The second kappa shape index (κ2) is 12.8. The Morgan fingerprint density at radius 3 is 2.42 bits per heavy atom. The topological polar surface area (TPSA) is 92.9 Å². The number of halogens is 1. The molecule has 10 heteroatoms. The Balaban J connectivity index is 1.05. The van der Waals surface area contributed by atoms with Crippen LogP contribution in [0, 0.1) is 25.2 Å². The van der Waals surface area contributed by atoms with Crippen LogP contribution in [0.5, 0.6) is 11.5 Å². The molecule has 1 atom stereocenters. The number of hydrogen-bond donors (Lipinski definition) is 2. The smallest absolute Gasteiger partial charge is 0.254 e. The summed E-state index contributed by atoms with van der Waals surface area (Å²) in [6.07, 6.45) is 12.0. The summed E-state index contributed by atoms with van der Waals surface area (Å²) in [4.78, 5) is 32.3. The van der Waals surface area contributed by atoms with Crippen molar-refractivity contribution in [2.45, 2.75) is 121 Å². The summed E-state index contributed by atoms with van der Waals surface area (Å²) in [6, 6.07) is 4.19. The third-order valence-electron chi connectivity index (χ3n) is 10.7. The predicted octanol–water partition coefficient (Wildman–Crippen LogP) is 7.01. The average molecular weight is 658 g/mol. The van der Waals surface area contributed by atoms with Gasteiger partial charge in [0.2, 0.25) is 0 Å². The number of H-pyrrole nitrogens is 1. The van der Waals surface area contributed by atoms with E-state index in [0.29, 0.717) is 56.9 Å². The van der Waals surface area contributed by atoms with Gasteiger partial charge in [0, 0.05) is 65.8 Å². The fraction of sp³-hybridized carbons (Fsp3) is 0.657. The zero-order valence-corrected chi connectivity index (χ0v) is 29.1. The number of hydrogen-bond acceptors (Lipinski definition) is 7. The van der Waals surface area contributed by atoms with Crippen LogP contribution in [0.15, 0.2) is 21.8 Å². The largest absolute Gasteiger partial charge is 0.448 e. The maximum absolute atomic E-state index is 13.3. The van der Waals surface area contributed by atoms with E-state index in [1.54, 1.807) is 6.07 Å². The first-order chi connectivity index (χ1) is 21.4. The normalized spacial score (nSPS) is 26.3. The number of benzene rings is 1. The number of thioether (sulfide) groups is 1. The minimum absolute atomic E-state index is 0.113. The summed E-state index contributed by atoms with van der Waals surface area (Å²) in [5.74, 6) is 0.138. The van der Waals surface area contributed by atoms with Crippen molar-refractivity contribution in [2.75, 3.05) is 19.3 Å². The van der Waals surface area contributed by atoms with Crippen molar-refractivity contribution in [2.24, 2.45) is 11.3 Å². The summed E-state index contributed by atoms with van der Waals surface area (Å²) < 4.78 is 19.1. The van der Waals surface area contributed by atoms with Crippen LogP contribution in [0.2, 0.25) is 5.02 Å². The number of likely N-dealkylation sites (tertiary alicyclic amines) is 1. The molecular formula is C35H48ClN3O5S. The van der Waals surface area contributed by atoms with Gasteiger partial charge in [0.15, 0.2) is 11.5 Å². The molecule has 246 valence electrons. The van der Waals surface area contributed by atoms with Crippen LogP contribution in [-0.2, 0) is 11.3 Å². The van der Waals surface area contributed by atoms with Crippen LogP contribution in [0.1, 0.15) is 99.3 Å². The van der Waals surface area contributed by atoms with E-state index in [2.05, 4.69) is 29.0 Å². The van der Waals surface area contributed by atoms with Crippen LogP contribution in [0.4, 0.5) is 0 Å². The Morgan fingerprint density at radius 2 is 1.78 bits per heavy atom. The van der Waals surface area contributed by atoms with Gasteiger partial charge in [0.1, 0.15) is 0 Å². The number of aromatic nitrogens is 1. The second-order valence-electron chi connectivity index (χ2n) is 14.2. The number of rotatable bonds is 8. The van der Waals surface area contributed by atoms with Crippen molar-refractivity contribution in [1.82, 2.24) is 15.2 Å². The SMILES string of the molecule is CSc1cc(C)[nH]c(=O)c1CNC(=O)c1cc(Cl)c2c(c1C)OC(C)(C1CCC(N3CC4(CCC(OC(C)C)CC4)C3)CC1)O2. The van der Waals surface area contributed by atoms with Crippen molar-refractivity contribution in [3.05, 3.63) is 49.9 Å². The van der Waals surface area contributed by atoms with E-state index in [4.69, 9.17) is 25.8 Å². The minimum Gasteiger partial charge on any atom is -0.448 e. The van der Waals surface area contributed by atoms with E-state index in [1.165, 1.54) is 50.5 Å². The molecule has 3 heterocycles. The molecule has 2 aliphatic heterocycles. The van der Waals surface area contributed by atoms with Crippen molar-refractivity contribution in [1.29, 1.82) is 0 Å². The van der Waals surface area contributed by atoms with Crippen molar-refractivity contribution >= 4 is 29.3 Å². The molecule has 1 spiro atoms. The summed E-state index contributed by atoms with van der Waals surface area (Å²) in [6.45, 7) is 12.6. The molecule has 1 amide bonds. The van der Waals surface area contributed by atoms with Gasteiger partial charge in [-0.1, -0.05) is 11.6 Å². The lowest BCUT2D eigenvalue weighted by molar-refractivity contribution is -0.136. The highest BCUT2D eigenvalue weighted by Crippen LogP contribution is 2.53. The molecule has 2 aromatic rings. The molecule has 1 aromatic carbocycles. The Labute approximate surface area is 276 Å². The monoisotopic (exact) mass is 657 g/mol. The zero-order chi connectivity index (χ0) is 32.1. The number of aromatic amines is 1. The molecular weight excluding hydrogens is 610 g/mol. The number of amides is 1. The quantitative estimate of drug-likeness (QED) is 0.295. The van der Waals surface area contributed by atoms with Crippen molar-refractivity contribution < 1.29 is 19.0 Å². The van der Waals surface area contributed by atoms with Gasteiger partial charge < -0.3 is 24.5 Å². The summed E-state index contributed by atoms with van der Waals surface area (Å²) in [5, 5.41) is 3.27. The third-order valence-corrected chi connectivity index (χ3v) is 11.7. The predicted molar refractivity (Wildman–Crippen MR) is 179 cm³/mol. The third kappa shape index (κ3) is 6.52. The van der Waals surface area contributed by atoms with Crippen LogP contribution in [-0.4, -0.2) is 59.2 Å². The van der Waals surface area contributed by atoms with Gasteiger partial charge in [0.05, 0.1) is 17.2 Å². The Hall–Kier alpha value is -2.20. The van der Waals surface area contributed by atoms with Crippen molar-refractivity contribution in [3.8, 4) is 11.5 Å². The highest BCUT2D eigenvalue weighted by molar-refractivity contribution is 7.98. The van der Waals surface area contributed by atoms with Gasteiger partial charge in [-0.05, 0) is 103 Å². The first-order valence-electron chi connectivity index (χ1n) is 16.6. The summed E-state index contributed by atoms with van der Waals surface area (Å²) in [7, 11) is 0. The van der Waals surface area contributed by atoms with Crippen LogP contribution in [0.3, 0.4) is 0 Å². The average Bonchev–Trinajstić information content (AvgIpc) is 3.37. The van der Waals surface area contributed by atoms with E-state index in [1.807, 2.05) is 33.1 Å². The first kappa shape index (κ1) is 32.7.